The monoisotopic (exact) mass is 553 g/mol. The molecule has 2 N–H and O–H groups in total. The van der Waals surface area contributed by atoms with Crippen LogP contribution in [0.15, 0.2) is 60.9 Å². The molecule has 2 aliphatic rings. The number of anilines is 2. The molecule has 5 rings (SSSR count). The number of carbonyl (C=O) groups excluding carboxylic acids is 2. The predicted octanol–water partition coefficient (Wildman–Crippen LogP) is 5.77. The molecule has 3 amide bonds. The average molecular weight is 554 g/mol. The van der Waals surface area contributed by atoms with Crippen molar-refractivity contribution >= 4 is 46.5 Å². The molecule has 198 valence electrons. The molecular formula is C28H29Cl2N5O3. The highest BCUT2D eigenvalue weighted by Crippen LogP contribution is 2.34. The molecule has 1 saturated heterocycles. The number of rotatable bonds is 5. The van der Waals surface area contributed by atoms with E-state index in [1.165, 1.54) is 0 Å². The number of halogens is 2. The maximum absolute atomic E-state index is 13.5. The van der Waals surface area contributed by atoms with E-state index in [-0.39, 0.29) is 18.0 Å². The van der Waals surface area contributed by atoms with Crippen molar-refractivity contribution in [1.29, 1.82) is 0 Å². The Bertz CT molecular complexity index is 1290. The van der Waals surface area contributed by atoms with Crippen LogP contribution in [0.2, 0.25) is 10.0 Å². The van der Waals surface area contributed by atoms with Gasteiger partial charge < -0.3 is 25.2 Å². The molecule has 0 saturated carbocycles. The van der Waals surface area contributed by atoms with Gasteiger partial charge in [-0.3, -0.25) is 9.78 Å². The average Bonchev–Trinajstić information content (AvgIpc) is 2.92. The molecule has 0 radical (unpaired) electrons. The lowest BCUT2D eigenvalue weighted by molar-refractivity contribution is 0.0709. The molecule has 0 spiro atoms. The lowest BCUT2D eigenvalue weighted by Crippen LogP contribution is -2.45. The van der Waals surface area contributed by atoms with Crippen molar-refractivity contribution < 1.29 is 14.3 Å². The molecule has 10 heteroatoms. The molecule has 0 aliphatic carbocycles. The summed E-state index contributed by atoms with van der Waals surface area (Å²) in [5, 5.41) is 6.62. The third-order valence-corrected chi connectivity index (χ3v) is 7.52. The van der Waals surface area contributed by atoms with Crippen molar-refractivity contribution in [3.05, 3.63) is 82.1 Å². The summed E-state index contributed by atoms with van der Waals surface area (Å²) in [6.07, 6.45) is 5.95. The van der Waals surface area contributed by atoms with Crippen LogP contribution in [0.1, 0.15) is 41.2 Å². The van der Waals surface area contributed by atoms with Gasteiger partial charge in [-0.05, 0) is 61.4 Å². The summed E-state index contributed by atoms with van der Waals surface area (Å²) in [5.74, 6) is 0.620. The second-order valence-corrected chi connectivity index (χ2v) is 10.4. The molecule has 8 nitrogen and oxygen atoms in total. The lowest BCUT2D eigenvalue weighted by Gasteiger charge is -2.38. The van der Waals surface area contributed by atoms with Gasteiger partial charge in [-0.25, -0.2) is 4.79 Å². The number of hydrogen-bond donors (Lipinski definition) is 2. The van der Waals surface area contributed by atoms with Crippen LogP contribution in [0.4, 0.5) is 16.2 Å². The zero-order valence-electron chi connectivity index (χ0n) is 21.0. The Balaban J connectivity index is 1.24. The number of urea groups is 1. The number of fused-ring (bicyclic) bond motifs is 1. The number of nitrogens with one attached hydrogen (secondary N) is 2. The molecule has 2 aromatic carbocycles. The smallest absolute Gasteiger partial charge is 0.319 e. The van der Waals surface area contributed by atoms with E-state index < -0.39 is 6.03 Å². The predicted molar refractivity (Wildman–Crippen MR) is 149 cm³/mol. The van der Waals surface area contributed by atoms with Gasteiger partial charge in [-0.2, -0.15) is 0 Å². The summed E-state index contributed by atoms with van der Waals surface area (Å²) in [5.41, 5.74) is 3.00. The minimum absolute atomic E-state index is 0.0440. The van der Waals surface area contributed by atoms with Gasteiger partial charge in [0.1, 0.15) is 5.75 Å². The van der Waals surface area contributed by atoms with Crippen molar-refractivity contribution in [3.8, 4) is 5.75 Å². The van der Waals surface area contributed by atoms with Crippen LogP contribution in [0.25, 0.3) is 0 Å². The zero-order chi connectivity index (χ0) is 26.6. The topological polar surface area (TPSA) is 86.8 Å². The van der Waals surface area contributed by atoms with E-state index >= 15 is 0 Å². The molecule has 0 bridgehead atoms. The first-order valence-electron chi connectivity index (χ1n) is 12.6. The summed E-state index contributed by atoms with van der Waals surface area (Å²) in [4.78, 5) is 34.5. The second-order valence-electron chi connectivity index (χ2n) is 9.54. The van der Waals surface area contributed by atoms with E-state index in [1.54, 1.807) is 36.7 Å². The van der Waals surface area contributed by atoms with E-state index in [4.69, 9.17) is 27.9 Å². The number of ether oxygens (including phenoxy) is 1. The number of hydrogen-bond acceptors (Lipinski definition) is 5. The molecule has 38 heavy (non-hydrogen) atoms. The zero-order valence-corrected chi connectivity index (χ0v) is 22.5. The largest absolute Gasteiger partial charge is 0.493 e. The van der Waals surface area contributed by atoms with Crippen LogP contribution in [-0.2, 0) is 0 Å². The quantitative estimate of drug-likeness (QED) is 0.418. The van der Waals surface area contributed by atoms with Gasteiger partial charge in [0.25, 0.3) is 5.91 Å². The minimum Gasteiger partial charge on any atom is -0.493 e. The second kappa shape index (κ2) is 11.5. The van der Waals surface area contributed by atoms with Crippen LogP contribution in [-0.4, -0.2) is 54.6 Å². The van der Waals surface area contributed by atoms with Crippen LogP contribution in [0, 0.1) is 0 Å². The van der Waals surface area contributed by atoms with Crippen molar-refractivity contribution in [1.82, 2.24) is 15.2 Å². The first-order valence-corrected chi connectivity index (χ1v) is 13.4. The van der Waals surface area contributed by atoms with Crippen LogP contribution in [0.3, 0.4) is 0 Å². The molecule has 3 aromatic rings. The Morgan fingerprint density at radius 3 is 2.42 bits per heavy atom. The number of amides is 3. The maximum Gasteiger partial charge on any atom is 0.319 e. The summed E-state index contributed by atoms with van der Waals surface area (Å²) in [7, 11) is 1.87. The van der Waals surface area contributed by atoms with E-state index in [1.807, 2.05) is 36.2 Å². The summed E-state index contributed by atoms with van der Waals surface area (Å²) < 4.78 is 5.81. The third-order valence-electron chi connectivity index (χ3n) is 7.08. The van der Waals surface area contributed by atoms with Gasteiger partial charge in [-0.15, -0.1) is 0 Å². The van der Waals surface area contributed by atoms with Gasteiger partial charge in [0.15, 0.2) is 0 Å². The third kappa shape index (κ3) is 5.97. The van der Waals surface area contributed by atoms with E-state index in [2.05, 4.69) is 20.5 Å². The van der Waals surface area contributed by atoms with Gasteiger partial charge >= 0.3 is 6.03 Å². The van der Waals surface area contributed by atoms with Gasteiger partial charge in [0, 0.05) is 77.5 Å². The first kappa shape index (κ1) is 26.1. The Kier molecular flexibility index (Phi) is 7.90. The Labute approximate surface area is 231 Å². The van der Waals surface area contributed by atoms with Crippen LogP contribution in [0.5, 0.6) is 5.75 Å². The summed E-state index contributed by atoms with van der Waals surface area (Å²) >= 11 is 12.1. The molecule has 3 heterocycles. The highest BCUT2D eigenvalue weighted by molar-refractivity contribution is 6.35. The Morgan fingerprint density at radius 1 is 1.00 bits per heavy atom. The fourth-order valence-electron chi connectivity index (χ4n) is 5.06. The van der Waals surface area contributed by atoms with Crippen molar-refractivity contribution in [2.75, 3.05) is 37.0 Å². The number of carbonyl (C=O) groups is 2. The Morgan fingerprint density at radius 2 is 1.71 bits per heavy atom. The van der Waals surface area contributed by atoms with E-state index in [9.17, 15) is 9.59 Å². The molecule has 2 aliphatic heterocycles. The van der Waals surface area contributed by atoms with E-state index in [0.717, 1.165) is 37.2 Å². The van der Waals surface area contributed by atoms with E-state index in [0.29, 0.717) is 40.1 Å². The Hall–Kier alpha value is -3.49. The highest BCUT2D eigenvalue weighted by atomic mass is 35.5. The van der Waals surface area contributed by atoms with Gasteiger partial charge in [0.05, 0.1) is 12.6 Å². The summed E-state index contributed by atoms with van der Waals surface area (Å²) in [6.45, 7) is 2.22. The van der Waals surface area contributed by atoms with Crippen molar-refractivity contribution in [2.24, 2.45) is 0 Å². The first-order chi connectivity index (χ1) is 18.4. The fourth-order valence-corrected chi connectivity index (χ4v) is 5.59. The molecule has 1 unspecified atom stereocenters. The fraction of sp³-hybridized carbons (Fsp3) is 0.321. The maximum atomic E-state index is 13.5. The minimum atomic E-state index is -0.393. The summed E-state index contributed by atoms with van der Waals surface area (Å²) in [6, 6.07) is 13.8. The van der Waals surface area contributed by atoms with Crippen LogP contribution >= 0.6 is 23.2 Å². The standard InChI is InChI=1S/C28H29Cl2N5O3/c1-34(22-6-11-35(12-7-22)23-4-9-31-10-5-23)27(36)18-2-3-26-24(14-18)25(8-13-38-26)33-28(37)32-21-16-19(29)15-20(30)17-21/h2-5,9-10,14-17,22,25H,6-8,11-13H2,1H3,(H2,32,33,37). The lowest BCUT2D eigenvalue weighted by atomic mass is 9.97. The van der Waals surface area contributed by atoms with Crippen LogP contribution < -0.4 is 20.3 Å². The number of benzene rings is 2. The number of nitrogens with zero attached hydrogens (tertiary/aromatic N) is 3. The number of aromatic nitrogens is 1. The SMILES string of the molecule is CN(C(=O)c1ccc2c(c1)C(NC(=O)Nc1cc(Cl)cc(Cl)c1)CCO2)C1CCN(c2ccncc2)CC1. The molecule has 1 atom stereocenters. The van der Waals surface area contributed by atoms with Crippen molar-refractivity contribution in [2.45, 2.75) is 31.3 Å². The normalized spacial score (nSPS) is 17.2. The highest BCUT2D eigenvalue weighted by Gasteiger charge is 2.29. The van der Waals surface area contributed by atoms with Gasteiger partial charge in [0.2, 0.25) is 0 Å². The molecule has 1 aromatic heterocycles. The number of piperidine rings is 1. The number of pyridine rings is 1. The van der Waals surface area contributed by atoms with Gasteiger partial charge in [-0.1, -0.05) is 23.2 Å². The van der Waals surface area contributed by atoms with Crippen molar-refractivity contribution in [3.63, 3.8) is 0 Å². The molecule has 1 fully saturated rings. The molecular weight excluding hydrogens is 525 g/mol.